The highest BCUT2D eigenvalue weighted by Crippen LogP contribution is 2.20. The van der Waals surface area contributed by atoms with E-state index < -0.39 is 0 Å². The molecule has 0 aliphatic carbocycles. The third kappa shape index (κ3) is 4.74. The zero-order chi connectivity index (χ0) is 21.8. The highest BCUT2D eigenvalue weighted by Gasteiger charge is 2.13. The predicted molar refractivity (Wildman–Crippen MR) is 119 cm³/mol. The van der Waals surface area contributed by atoms with E-state index >= 15 is 0 Å². The SMILES string of the molecule is Cc1ccc(C)c(OCCn2c(CNC(=O)c3ccc(F)cc3)nc3ccccc32)c1. The van der Waals surface area contributed by atoms with Crippen molar-refractivity contribution in [2.75, 3.05) is 6.61 Å². The molecule has 4 rings (SSSR count). The van der Waals surface area contributed by atoms with Gasteiger partial charge < -0.3 is 14.6 Å². The molecule has 0 radical (unpaired) electrons. The van der Waals surface area contributed by atoms with Crippen LogP contribution in [0.25, 0.3) is 11.0 Å². The average Bonchev–Trinajstić information content (AvgIpc) is 3.12. The predicted octanol–water partition coefficient (Wildman–Crippen LogP) is 4.80. The van der Waals surface area contributed by atoms with Crippen LogP contribution in [-0.4, -0.2) is 22.1 Å². The van der Waals surface area contributed by atoms with Gasteiger partial charge in [-0.3, -0.25) is 4.79 Å². The molecule has 1 N–H and O–H groups in total. The number of nitrogens with zero attached hydrogens (tertiary/aromatic N) is 2. The maximum Gasteiger partial charge on any atom is 0.251 e. The van der Waals surface area contributed by atoms with E-state index in [2.05, 4.69) is 20.9 Å². The summed E-state index contributed by atoms with van der Waals surface area (Å²) in [6, 6.07) is 19.5. The Bertz CT molecular complexity index is 1220. The van der Waals surface area contributed by atoms with Gasteiger partial charge in [0.15, 0.2) is 0 Å². The minimum Gasteiger partial charge on any atom is -0.491 e. The van der Waals surface area contributed by atoms with Crippen LogP contribution in [0.3, 0.4) is 0 Å². The zero-order valence-corrected chi connectivity index (χ0v) is 17.6. The first-order valence-corrected chi connectivity index (χ1v) is 10.2. The van der Waals surface area contributed by atoms with E-state index in [4.69, 9.17) is 4.74 Å². The highest BCUT2D eigenvalue weighted by molar-refractivity contribution is 5.94. The maximum atomic E-state index is 13.1. The van der Waals surface area contributed by atoms with Gasteiger partial charge in [-0.05, 0) is 67.4 Å². The summed E-state index contributed by atoms with van der Waals surface area (Å²) in [5, 5.41) is 2.88. The number of aromatic nitrogens is 2. The van der Waals surface area contributed by atoms with Gasteiger partial charge in [0.05, 0.1) is 24.1 Å². The van der Waals surface area contributed by atoms with Crippen LogP contribution in [0.2, 0.25) is 0 Å². The van der Waals surface area contributed by atoms with Gasteiger partial charge in [-0.2, -0.15) is 0 Å². The number of rotatable bonds is 7. The van der Waals surface area contributed by atoms with Crippen LogP contribution in [0.5, 0.6) is 5.75 Å². The molecule has 158 valence electrons. The molecule has 1 aromatic heterocycles. The number of halogens is 1. The Balaban J connectivity index is 1.49. The first-order chi connectivity index (χ1) is 15.0. The molecular weight excluding hydrogens is 393 g/mol. The molecule has 0 bridgehead atoms. The lowest BCUT2D eigenvalue weighted by molar-refractivity contribution is 0.0949. The molecule has 0 atom stereocenters. The van der Waals surface area contributed by atoms with Crippen LogP contribution < -0.4 is 10.1 Å². The van der Waals surface area contributed by atoms with E-state index in [9.17, 15) is 9.18 Å². The van der Waals surface area contributed by atoms with Crippen molar-refractivity contribution in [3.05, 3.63) is 95.1 Å². The number of amides is 1. The van der Waals surface area contributed by atoms with Gasteiger partial charge in [-0.25, -0.2) is 9.37 Å². The largest absolute Gasteiger partial charge is 0.491 e. The molecule has 0 saturated carbocycles. The number of nitrogens with one attached hydrogen (secondary N) is 1. The monoisotopic (exact) mass is 417 g/mol. The Kier molecular flexibility index (Phi) is 5.98. The van der Waals surface area contributed by atoms with Gasteiger partial charge in [0.2, 0.25) is 0 Å². The molecule has 0 aliphatic heterocycles. The molecule has 0 spiro atoms. The van der Waals surface area contributed by atoms with Gasteiger partial charge >= 0.3 is 0 Å². The topological polar surface area (TPSA) is 56.1 Å². The Morgan fingerprint density at radius 1 is 1.06 bits per heavy atom. The number of para-hydroxylation sites is 2. The van der Waals surface area contributed by atoms with E-state index in [0.717, 1.165) is 33.7 Å². The van der Waals surface area contributed by atoms with Crippen molar-refractivity contribution in [2.24, 2.45) is 0 Å². The quantitative estimate of drug-likeness (QED) is 0.470. The van der Waals surface area contributed by atoms with Crippen molar-refractivity contribution in [1.82, 2.24) is 14.9 Å². The molecule has 0 unspecified atom stereocenters. The molecule has 1 amide bonds. The van der Waals surface area contributed by atoms with Crippen LogP contribution in [-0.2, 0) is 13.1 Å². The number of carbonyl (C=O) groups is 1. The number of aryl methyl sites for hydroxylation is 2. The summed E-state index contributed by atoms with van der Waals surface area (Å²) in [6.45, 7) is 5.39. The summed E-state index contributed by atoms with van der Waals surface area (Å²) < 4.78 is 21.2. The molecule has 4 aromatic rings. The number of fused-ring (bicyclic) bond motifs is 1. The van der Waals surface area contributed by atoms with Gasteiger partial charge in [0.1, 0.15) is 24.0 Å². The summed E-state index contributed by atoms with van der Waals surface area (Å²) in [6.07, 6.45) is 0. The molecule has 31 heavy (non-hydrogen) atoms. The Labute approximate surface area is 180 Å². The lowest BCUT2D eigenvalue weighted by Gasteiger charge is -2.13. The first-order valence-electron chi connectivity index (χ1n) is 10.2. The summed E-state index contributed by atoms with van der Waals surface area (Å²) in [4.78, 5) is 17.1. The van der Waals surface area contributed by atoms with Crippen molar-refractivity contribution >= 4 is 16.9 Å². The fourth-order valence-corrected chi connectivity index (χ4v) is 3.48. The van der Waals surface area contributed by atoms with Gasteiger partial charge in [0.25, 0.3) is 5.91 Å². The van der Waals surface area contributed by atoms with E-state index in [-0.39, 0.29) is 18.3 Å². The third-order valence-electron chi connectivity index (χ3n) is 5.16. The van der Waals surface area contributed by atoms with Crippen LogP contribution in [0.15, 0.2) is 66.7 Å². The van der Waals surface area contributed by atoms with E-state index in [1.807, 2.05) is 50.2 Å². The standard InChI is InChI=1S/C25H24FN3O2/c1-17-7-8-18(2)23(15-17)31-14-13-29-22-6-4-3-5-21(22)28-24(29)16-27-25(30)19-9-11-20(26)12-10-19/h3-12,15H,13-14,16H2,1-2H3,(H,27,30). The second-order valence-corrected chi connectivity index (χ2v) is 7.48. The summed E-state index contributed by atoms with van der Waals surface area (Å²) in [7, 11) is 0. The van der Waals surface area contributed by atoms with E-state index in [1.165, 1.54) is 24.3 Å². The smallest absolute Gasteiger partial charge is 0.251 e. The number of hydrogen-bond donors (Lipinski definition) is 1. The number of carbonyl (C=O) groups excluding carboxylic acids is 1. The second kappa shape index (κ2) is 9.00. The van der Waals surface area contributed by atoms with Crippen LogP contribution >= 0.6 is 0 Å². The summed E-state index contributed by atoms with van der Waals surface area (Å²) in [5.41, 5.74) is 4.49. The molecule has 1 heterocycles. The van der Waals surface area contributed by atoms with Crippen molar-refractivity contribution in [3.8, 4) is 5.75 Å². The molecule has 6 heteroatoms. The van der Waals surface area contributed by atoms with Crippen LogP contribution in [0, 0.1) is 19.7 Å². The minimum atomic E-state index is -0.373. The van der Waals surface area contributed by atoms with Crippen molar-refractivity contribution < 1.29 is 13.9 Å². The number of benzene rings is 3. The first kappa shape index (κ1) is 20.6. The minimum absolute atomic E-state index is 0.258. The number of hydrogen-bond acceptors (Lipinski definition) is 3. The molecular formula is C25H24FN3O2. The van der Waals surface area contributed by atoms with Crippen molar-refractivity contribution in [3.63, 3.8) is 0 Å². The second-order valence-electron chi connectivity index (χ2n) is 7.48. The molecule has 3 aromatic carbocycles. The Morgan fingerprint density at radius 2 is 1.84 bits per heavy atom. The molecule has 0 saturated heterocycles. The lowest BCUT2D eigenvalue weighted by atomic mass is 10.1. The Hall–Kier alpha value is -3.67. The molecule has 0 aliphatic rings. The Morgan fingerprint density at radius 3 is 2.65 bits per heavy atom. The number of ether oxygens (including phenoxy) is 1. The molecule has 5 nitrogen and oxygen atoms in total. The highest BCUT2D eigenvalue weighted by atomic mass is 19.1. The fourth-order valence-electron chi connectivity index (χ4n) is 3.48. The van der Waals surface area contributed by atoms with E-state index in [1.54, 1.807) is 0 Å². The summed E-state index contributed by atoms with van der Waals surface area (Å²) >= 11 is 0. The zero-order valence-electron chi connectivity index (χ0n) is 17.6. The normalized spacial score (nSPS) is 10.9. The van der Waals surface area contributed by atoms with Crippen LogP contribution in [0.1, 0.15) is 27.3 Å². The average molecular weight is 417 g/mol. The maximum absolute atomic E-state index is 13.1. The van der Waals surface area contributed by atoms with Gasteiger partial charge in [0, 0.05) is 5.56 Å². The van der Waals surface area contributed by atoms with Crippen LogP contribution in [0.4, 0.5) is 4.39 Å². The fraction of sp³-hybridized carbons (Fsp3) is 0.200. The lowest BCUT2D eigenvalue weighted by Crippen LogP contribution is -2.25. The number of imidazole rings is 1. The van der Waals surface area contributed by atoms with Gasteiger partial charge in [-0.15, -0.1) is 0 Å². The van der Waals surface area contributed by atoms with Crippen molar-refractivity contribution in [1.29, 1.82) is 0 Å². The third-order valence-corrected chi connectivity index (χ3v) is 5.16. The summed E-state index contributed by atoms with van der Waals surface area (Å²) in [5.74, 6) is 0.962. The van der Waals surface area contributed by atoms with Gasteiger partial charge in [-0.1, -0.05) is 24.3 Å². The van der Waals surface area contributed by atoms with Crippen molar-refractivity contribution in [2.45, 2.75) is 26.9 Å². The van der Waals surface area contributed by atoms with E-state index in [0.29, 0.717) is 18.7 Å². The molecule has 0 fully saturated rings.